The van der Waals surface area contributed by atoms with Crippen LogP contribution in [0, 0.1) is 17.8 Å². The standard InChI is InChI=1S/C16H21NO2S/c1-3-13(4-2)12-20-15-9-5-7-14(11-15)8-6-10-19-16(17)18/h5,7,9,11,13H,3-4,10,12H2,1-2H3,(H2,17,18). The Morgan fingerprint density at radius 1 is 1.40 bits per heavy atom. The van der Waals surface area contributed by atoms with E-state index in [1.54, 1.807) is 0 Å². The summed E-state index contributed by atoms with van der Waals surface area (Å²) < 4.78 is 4.56. The number of rotatable bonds is 6. The van der Waals surface area contributed by atoms with E-state index in [1.165, 1.54) is 17.7 Å². The summed E-state index contributed by atoms with van der Waals surface area (Å²) in [6.07, 6.45) is 1.63. The van der Waals surface area contributed by atoms with Crippen LogP contribution in [0.4, 0.5) is 4.79 Å². The number of amides is 1. The van der Waals surface area contributed by atoms with Crippen molar-refractivity contribution in [3.05, 3.63) is 29.8 Å². The predicted molar refractivity (Wildman–Crippen MR) is 83.7 cm³/mol. The molecular weight excluding hydrogens is 270 g/mol. The van der Waals surface area contributed by atoms with Crippen LogP contribution < -0.4 is 5.73 Å². The van der Waals surface area contributed by atoms with Crippen molar-refractivity contribution in [2.24, 2.45) is 11.7 Å². The van der Waals surface area contributed by atoms with Crippen LogP contribution in [0.2, 0.25) is 0 Å². The van der Waals surface area contributed by atoms with Gasteiger partial charge >= 0.3 is 6.09 Å². The van der Waals surface area contributed by atoms with E-state index >= 15 is 0 Å². The molecule has 2 N–H and O–H groups in total. The Hall–Kier alpha value is -1.60. The number of benzene rings is 1. The molecule has 0 aliphatic carbocycles. The molecular formula is C16H21NO2S. The molecule has 0 unspecified atom stereocenters. The number of hydrogen-bond acceptors (Lipinski definition) is 3. The second-order valence-electron chi connectivity index (χ2n) is 4.43. The van der Waals surface area contributed by atoms with Gasteiger partial charge in [0.1, 0.15) is 0 Å². The third kappa shape index (κ3) is 6.53. The van der Waals surface area contributed by atoms with Crippen molar-refractivity contribution in [3.63, 3.8) is 0 Å². The SMILES string of the molecule is CCC(CC)CSc1cccc(C#CCOC(N)=O)c1. The third-order valence-electron chi connectivity index (χ3n) is 2.99. The third-order valence-corrected chi connectivity index (χ3v) is 4.22. The van der Waals surface area contributed by atoms with E-state index in [4.69, 9.17) is 5.73 Å². The Balaban J connectivity index is 2.54. The molecule has 108 valence electrons. The zero-order chi connectivity index (χ0) is 14.8. The van der Waals surface area contributed by atoms with Gasteiger partial charge in [0, 0.05) is 16.2 Å². The van der Waals surface area contributed by atoms with Crippen molar-refractivity contribution < 1.29 is 9.53 Å². The number of ether oxygens (including phenoxy) is 1. The molecule has 1 rings (SSSR count). The van der Waals surface area contributed by atoms with E-state index in [2.05, 4.69) is 42.6 Å². The number of primary amides is 1. The maximum absolute atomic E-state index is 10.4. The molecule has 0 spiro atoms. The van der Waals surface area contributed by atoms with Crippen LogP contribution in [0.5, 0.6) is 0 Å². The number of thioether (sulfide) groups is 1. The van der Waals surface area contributed by atoms with Crippen molar-refractivity contribution >= 4 is 17.9 Å². The second kappa shape index (κ2) is 9.33. The van der Waals surface area contributed by atoms with Crippen molar-refractivity contribution in [1.82, 2.24) is 0 Å². The van der Waals surface area contributed by atoms with E-state index in [9.17, 15) is 4.79 Å². The van der Waals surface area contributed by atoms with Crippen LogP contribution >= 0.6 is 11.8 Å². The normalized spacial score (nSPS) is 9.95. The molecule has 0 saturated heterocycles. The molecule has 0 fully saturated rings. The molecule has 1 aromatic carbocycles. The lowest BCUT2D eigenvalue weighted by Gasteiger charge is -2.11. The first-order valence-corrected chi connectivity index (χ1v) is 7.78. The van der Waals surface area contributed by atoms with Gasteiger partial charge in [0.25, 0.3) is 0 Å². The maximum atomic E-state index is 10.4. The second-order valence-corrected chi connectivity index (χ2v) is 5.52. The number of carbonyl (C=O) groups is 1. The van der Waals surface area contributed by atoms with E-state index in [-0.39, 0.29) is 6.61 Å². The van der Waals surface area contributed by atoms with Gasteiger partial charge in [0.2, 0.25) is 0 Å². The van der Waals surface area contributed by atoms with Gasteiger partial charge in [-0.05, 0) is 24.1 Å². The Bertz CT molecular complexity index is 487. The van der Waals surface area contributed by atoms with Crippen molar-refractivity contribution in [2.75, 3.05) is 12.4 Å². The number of nitrogens with two attached hydrogens (primary N) is 1. The summed E-state index contributed by atoms with van der Waals surface area (Å²) in [6, 6.07) is 8.09. The van der Waals surface area contributed by atoms with Gasteiger partial charge in [-0.3, -0.25) is 0 Å². The quantitative estimate of drug-likeness (QED) is 0.643. The van der Waals surface area contributed by atoms with Gasteiger partial charge in [-0.1, -0.05) is 44.6 Å². The first-order valence-electron chi connectivity index (χ1n) is 6.79. The van der Waals surface area contributed by atoms with Gasteiger partial charge in [-0.15, -0.1) is 11.8 Å². The number of hydrogen-bond donors (Lipinski definition) is 1. The number of carbonyl (C=O) groups excluding carboxylic acids is 1. The Kier molecular flexibility index (Phi) is 7.67. The van der Waals surface area contributed by atoms with Crippen LogP contribution in [0.1, 0.15) is 32.3 Å². The fourth-order valence-electron chi connectivity index (χ4n) is 1.65. The fourth-order valence-corrected chi connectivity index (χ4v) is 2.93. The van der Waals surface area contributed by atoms with Crippen LogP contribution in [-0.2, 0) is 4.74 Å². The Morgan fingerprint density at radius 3 is 2.80 bits per heavy atom. The molecule has 4 heteroatoms. The summed E-state index contributed by atoms with van der Waals surface area (Å²) in [7, 11) is 0. The summed E-state index contributed by atoms with van der Waals surface area (Å²) in [5.41, 5.74) is 5.78. The lowest BCUT2D eigenvalue weighted by atomic mass is 10.1. The average Bonchev–Trinajstić information content (AvgIpc) is 2.45. The van der Waals surface area contributed by atoms with E-state index in [0.717, 1.165) is 17.2 Å². The summed E-state index contributed by atoms with van der Waals surface area (Å²) in [4.78, 5) is 11.6. The van der Waals surface area contributed by atoms with Crippen LogP contribution in [0.25, 0.3) is 0 Å². The van der Waals surface area contributed by atoms with Gasteiger partial charge < -0.3 is 10.5 Å². The Labute approximate surface area is 125 Å². The zero-order valence-electron chi connectivity index (χ0n) is 12.0. The summed E-state index contributed by atoms with van der Waals surface area (Å²) in [6.45, 7) is 4.49. The summed E-state index contributed by atoms with van der Waals surface area (Å²) in [5.74, 6) is 7.62. The molecule has 0 bridgehead atoms. The summed E-state index contributed by atoms with van der Waals surface area (Å²) >= 11 is 1.86. The van der Waals surface area contributed by atoms with Gasteiger partial charge in [0.15, 0.2) is 6.61 Å². The van der Waals surface area contributed by atoms with E-state index in [0.29, 0.717) is 0 Å². The molecule has 0 aliphatic rings. The molecule has 1 amide bonds. The van der Waals surface area contributed by atoms with Gasteiger partial charge in [-0.25, -0.2) is 4.79 Å². The van der Waals surface area contributed by atoms with E-state index in [1.807, 2.05) is 23.9 Å². The highest BCUT2D eigenvalue weighted by Gasteiger charge is 2.04. The largest absolute Gasteiger partial charge is 0.437 e. The minimum atomic E-state index is -0.797. The van der Waals surface area contributed by atoms with Crippen molar-refractivity contribution in [1.29, 1.82) is 0 Å². The van der Waals surface area contributed by atoms with Crippen molar-refractivity contribution in [3.8, 4) is 11.8 Å². The molecule has 0 aromatic heterocycles. The fraction of sp³-hybridized carbons (Fsp3) is 0.438. The highest BCUT2D eigenvalue weighted by Crippen LogP contribution is 2.24. The molecule has 20 heavy (non-hydrogen) atoms. The monoisotopic (exact) mass is 291 g/mol. The summed E-state index contributed by atoms with van der Waals surface area (Å²) in [5, 5.41) is 0. The van der Waals surface area contributed by atoms with Crippen molar-refractivity contribution in [2.45, 2.75) is 31.6 Å². The van der Waals surface area contributed by atoms with Gasteiger partial charge in [-0.2, -0.15) is 0 Å². The highest BCUT2D eigenvalue weighted by atomic mass is 32.2. The van der Waals surface area contributed by atoms with Crippen LogP contribution in [0.3, 0.4) is 0 Å². The molecule has 0 saturated carbocycles. The minimum Gasteiger partial charge on any atom is -0.437 e. The zero-order valence-corrected chi connectivity index (χ0v) is 12.8. The van der Waals surface area contributed by atoms with Gasteiger partial charge in [0.05, 0.1) is 0 Å². The topological polar surface area (TPSA) is 52.3 Å². The molecule has 3 nitrogen and oxygen atoms in total. The predicted octanol–water partition coefficient (Wildman–Crippen LogP) is 3.66. The minimum absolute atomic E-state index is 0.0282. The van der Waals surface area contributed by atoms with Crippen LogP contribution in [0.15, 0.2) is 29.2 Å². The Morgan fingerprint density at radius 2 is 2.15 bits per heavy atom. The lowest BCUT2D eigenvalue weighted by Crippen LogP contribution is -2.12. The molecule has 0 heterocycles. The molecule has 0 aliphatic heterocycles. The molecule has 0 radical (unpaired) electrons. The smallest absolute Gasteiger partial charge is 0.405 e. The molecule has 0 atom stereocenters. The first kappa shape index (κ1) is 16.5. The average molecular weight is 291 g/mol. The first-order chi connectivity index (χ1) is 9.65. The highest BCUT2D eigenvalue weighted by molar-refractivity contribution is 7.99. The molecule has 1 aromatic rings. The van der Waals surface area contributed by atoms with E-state index < -0.39 is 6.09 Å². The van der Waals surface area contributed by atoms with Crippen LogP contribution in [-0.4, -0.2) is 18.5 Å². The maximum Gasteiger partial charge on any atom is 0.405 e. The lowest BCUT2D eigenvalue weighted by molar-refractivity contribution is 0.171.